The lowest BCUT2D eigenvalue weighted by Crippen LogP contribution is -2.51. The molecule has 1 aliphatic rings. The van der Waals surface area contributed by atoms with Crippen LogP contribution in [-0.4, -0.2) is 66.8 Å². The Labute approximate surface area is 131 Å². The summed E-state index contributed by atoms with van der Waals surface area (Å²) in [6, 6.07) is 2.03. The molecule has 0 aliphatic carbocycles. The van der Waals surface area contributed by atoms with Gasteiger partial charge in [-0.25, -0.2) is 14.8 Å². The minimum absolute atomic E-state index is 0.0426. The summed E-state index contributed by atoms with van der Waals surface area (Å²) in [5, 5.41) is 3.09. The lowest BCUT2D eigenvalue weighted by molar-refractivity contribution is 0.121. The molecule has 0 bridgehead atoms. The number of nitrogens with zero attached hydrogens (tertiary/aromatic N) is 4. The van der Waals surface area contributed by atoms with E-state index >= 15 is 0 Å². The summed E-state index contributed by atoms with van der Waals surface area (Å²) >= 11 is 0. The lowest BCUT2D eigenvalue weighted by Gasteiger charge is -2.34. The first kappa shape index (κ1) is 16.5. The minimum Gasteiger partial charge on any atom is -0.383 e. The van der Waals surface area contributed by atoms with E-state index in [9.17, 15) is 4.79 Å². The maximum atomic E-state index is 12.2. The average molecular weight is 307 g/mol. The van der Waals surface area contributed by atoms with Crippen molar-refractivity contribution in [1.29, 1.82) is 0 Å². The van der Waals surface area contributed by atoms with Crippen molar-refractivity contribution in [3.05, 3.63) is 18.5 Å². The molecule has 7 nitrogen and oxygen atoms in total. The Bertz CT molecular complexity index is 462. The highest BCUT2D eigenvalue weighted by Crippen LogP contribution is 2.15. The van der Waals surface area contributed by atoms with Crippen LogP contribution in [0.25, 0.3) is 0 Å². The van der Waals surface area contributed by atoms with Crippen molar-refractivity contribution in [3.8, 4) is 0 Å². The Morgan fingerprint density at radius 1 is 1.45 bits per heavy atom. The molecule has 1 aromatic rings. The first-order chi connectivity index (χ1) is 10.6. The van der Waals surface area contributed by atoms with Crippen LogP contribution in [0.4, 0.5) is 10.7 Å². The summed E-state index contributed by atoms with van der Waals surface area (Å²) in [5.74, 6) is 0.762. The highest BCUT2D eigenvalue weighted by atomic mass is 16.5. The standard InChI is InChI=1S/C15H25N5O2/c1-12(11-22-3)19(2)15(21)18-13-5-9-20(10-6-13)14-16-7-4-8-17-14/h4,7-8,12-13H,5-6,9-11H2,1-3H3,(H,18,21). The number of anilines is 1. The highest BCUT2D eigenvalue weighted by molar-refractivity contribution is 5.74. The van der Waals surface area contributed by atoms with Crippen LogP contribution in [-0.2, 0) is 4.74 Å². The predicted octanol–water partition coefficient (Wildman–Crippen LogP) is 1.12. The molecule has 122 valence electrons. The molecule has 1 fully saturated rings. The third kappa shape index (κ3) is 4.30. The molecular formula is C15H25N5O2. The van der Waals surface area contributed by atoms with Crippen molar-refractivity contribution in [1.82, 2.24) is 20.2 Å². The number of nitrogens with one attached hydrogen (secondary N) is 1. The van der Waals surface area contributed by atoms with Crippen molar-refractivity contribution in [2.75, 3.05) is 38.8 Å². The molecule has 0 spiro atoms. The highest BCUT2D eigenvalue weighted by Gasteiger charge is 2.24. The molecule has 0 aromatic carbocycles. The molecular weight excluding hydrogens is 282 g/mol. The first-order valence-corrected chi connectivity index (χ1v) is 7.66. The van der Waals surface area contributed by atoms with Gasteiger partial charge in [-0.05, 0) is 25.8 Å². The van der Waals surface area contributed by atoms with E-state index in [1.807, 2.05) is 13.0 Å². The van der Waals surface area contributed by atoms with Gasteiger partial charge in [0.25, 0.3) is 0 Å². The summed E-state index contributed by atoms with van der Waals surface area (Å²) in [4.78, 5) is 24.6. The monoisotopic (exact) mass is 307 g/mol. The molecule has 1 atom stereocenters. The van der Waals surface area contributed by atoms with Gasteiger partial charge in [0.2, 0.25) is 5.95 Å². The number of piperidine rings is 1. The van der Waals surface area contributed by atoms with E-state index in [0.717, 1.165) is 31.9 Å². The first-order valence-electron chi connectivity index (χ1n) is 7.66. The number of carbonyl (C=O) groups is 1. The summed E-state index contributed by atoms with van der Waals surface area (Å²) < 4.78 is 5.09. The normalized spacial score (nSPS) is 17.1. The van der Waals surface area contributed by atoms with E-state index in [2.05, 4.69) is 20.2 Å². The van der Waals surface area contributed by atoms with Crippen molar-refractivity contribution in [2.45, 2.75) is 31.8 Å². The van der Waals surface area contributed by atoms with Crippen LogP contribution in [0.15, 0.2) is 18.5 Å². The van der Waals surface area contributed by atoms with Crippen LogP contribution in [0, 0.1) is 0 Å². The summed E-state index contributed by atoms with van der Waals surface area (Å²) in [6.07, 6.45) is 5.30. The van der Waals surface area contributed by atoms with Crippen molar-refractivity contribution in [2.24, 2.45) is 0 Å². The number of rotatable bonds is 5. The molecule has 22 heavy (non-hydrogen) atoms. The van der Waals surface area contributed by atoms with E-state index in [-0.39, 0.29) is 18.1 Å². The topological polar surface area (TPSA) is 70.6 Å². The minimum atomic E-state index is -0.0426. The maximum absolute atomic E-state index is 12.2. The Kier molecular flexibility index (Phi) is 5.94. The van der Waals surface area contributed by atoms with Gasteiger partial charge in [0.05, 0.1) is 12.6 Å². The van der Waals surface area contributed by atoms with E-state index in [1.165, 1.54) is 0 Å². The zero-order valence-corrected chi connectivity index (χ0v) is 13.5. The quantitative estimate of drug-likeness (QED) is 0.883. The number of amides is 2. The number of likely N-dealkylation sites (N-methyl/N-ethyl adjacent to an activating group) is 1. The summed E-state index contributed by atoms with van der Waals surface area (Å²) in [6.45, 7) is 4.21. The number of aromatic nitrogens is 2. The molecule has 0 saturated carbocycles. The van der Waals surface area contributed by atoms with E-state index in [0.29, 0.717) is 6.61 Å². The number of urea groups is 1. The van der Waals surface area contributed by atoms with Crippen LogP contribution < -0.4 is 10.2 Å². The van der Waals surface area contributed by atoms with Crippen LogP contribution in [0.3, 0.4) is 0 Å². The van der Waals surface area contributed by atoms with Gasteiger partial charge in [0.1, 0.15) is 0 Å². The smallest absolute Gasteiger partial charge is 0.317 e. The Hall–Kier alpha value is -1.89. The van der Waals surface area contributed by atoms with Gasteiger partial charge in [0, 0.05) is 45.7 Å². The van der Waals surface area contributed by atoms with Crippen LogP contribution in [0.5, 0.6) is 0 Å². The van der Waals surface area contributed by atoms with Crippen molar-refractivity contribution in [3.63, 3.8) is 0 Å². The Balaban J connectivity index is 1.78. The number of methoxy groups -OCH3 is 1. The fraction of sp³-hybridized carbons (Fsp3) is 0.667. The van der Waals surface area contributed by atoms with Gasteiger partial charge < -0.3 is 19.9 Å². The molecule has 0 radical (unpaired) electrons. The number of hydrogen-bond acceptors (Lipinski definition) is 5. The molecule has 1 aliphatic heterocycles. The van der Waals surface area contributed by atoms with Crippen LogP contribution in [0.2, 0.25) is 0 Å². The molecule has 1 N–H and O–H groups in total. The largest absolute Gasteiger partial charge is 0.383 e. The zero-order valence-electron chi connectivity index (χ0n) is 13.5. The Morgan fingerprint density at radius 3 is 2.68 bits per heavy atom. The molecule has 2 rings (SSSR count). The van der Waals surface area contributed by atoms with E-state index in [4.69, 9.17) is 4.74 Å². The van der Waals surface area contributed by atoms with Crippen molar-refractivity contribution >= 4 is 12.0 Å². The molecule has 2 heterocycles. The second-order valence-corrected chi connectivity index (χ2v) is 5.67. The lowest BCUT2D eigenvalue weighted by atomic mass is 10.1. The third-order valence-electron chi connectivity index (χ3n) is 4.05. The van der Waals surface area contributed by atoms with Gasteiger partial charge in [-0.3, -0.25) is 0 Å². The zero-order chi connectivity index (χ0) is 15.9. The molecule has 1 unspecified atom stereocenters. The number of ether oxygens (including phenoxy) is 1. The SMILES string of the molecule is COCC(C)N(C)C(=O)NC1CCN(c2ncccn2)CC1. The van der Waals surface area contributed by atoms with Crippen LogP contribution >= 0.6 is 0 Å². The van der Waals surface area contributed by atoms with E-state index in [1.54, 1.807) is 31.5 Å². The van der Waals surface area contributed by atoms with Gasteiger partial charge in [-0.2, -0.15) is 0 Å². The number of hydrogen-bond donors (Lipinski definition) is 1. The maximum Gasteiger partial charge on any atom is 0.317 e. The van der Waals surface area contributed by atoms with Gasteiger partial charge in [-0.15, -0.1) is 0 Å². The third-order valence-corrected chi connectivity index (χ3v) is 4.05. The molecule has 1 aromatic heterocycles. The predicted molar refractivity (Wildman–Crippen MR) is 84.9 cm³/mol. The Morgan fingerprint density at radius 2 is 2.09 bits per heavy atom. The van der Waals surface area contributed by atoms with Gasteiger partial charge in [-0.1, -0.05) is 0 Å². The molecule has 7 heteroatoms. The van der Waals surface area contributed by atoms with Crippen LogP contribution in [0.1, 0.15) is 19.8 Å². The van der Waals surface area contributed by atoms with E-state index < -0.39 is 0 Å². The number of carbonyl (C=O) groups excluding carboxylic acids is 1. The summed E-state index contributed by atoms with van der Waals surface area (Å²) in [5.41, 5.74) is 0. The van der Waals surface area contributed by atoms with Crippen molar-refractivity contribution < 1.29 is 9.53 Å². The van der Waals surface area contributed by atoms with Gasteiger partial charge in [0.15, 0.2) is 0 Å². The fourth-order valence-corrected chi connectivity index (χ4v) is 2.51. The molecule has 2 amide bonds. The fourth-order valence-electron chi connectivity index (χ4n) is 2.51. The van der Waals surface area contributed by atoms with Gasteiger partial charge >= 0.3 is 6.03 Å². The second kappa shape index (κ2) is 7.93. The molecule has 1 saturated heterocycles. The second-order valence-electron chi connectivity index (χ2n) is 5.67. The average Bonchev–Trinajstić information content (AvgIpc) is 2.56. The summed E-state index contributed by atoms with van der Waals surface area (Å²) in [7, 11) is 3.44.